The lowest BCUT2D eigenvalue weighted by Gasteiger charge is -2.17. The smallest absolute Gasteiger partial charge is 0.226 e. The molecule has 98 valence electrons. The number of benzene rings is 1. The molecule has 1 heterocycles. The molecule has 2 aromatic rings. The maximum absolute atomic E-state index is 12.0. The maximum Gasteiger partial charge on any atom is 0.226 e. The minimum absolute atomic E-state index is 0.00748. The average Bonchev–Trinajstić information content (AvgIpc) is 2.26. The highest BCUT2D eigenvalue weighted by Gasteiger charge is 2.16. The van der Waals surface area contributed by atoms with Crippen LogP contribution in [0.5, 0.6) is 0 Å². The summed E-state index contributed by atoms with van der Waals surface area (Å²) in [4.78, 5) is 16.3. The molecule has 0 unspecified atom stereocenters. The molecule has 0 saturated carbocycles. The summed E-state index contributed by atoms with van der Waals surface area (Å²) >= 11 is 0. The second-order valence-electron chi connectivity index (χ2n) is 6.17. The minimum atomic E-state index is -0.0226. The van der Waals surface area contributed by atoms with Crippen LogP contribution in [0.4, 0.5) is 5.82 Å². The fourth-order valence-electron chi connectivity index (χ4n) is 2.05. The lowest BCUT2D eigenvalue weighted by molar-refractivity contribution is -0.117. The number of nitrogens with zero attached hydrogens (tertiary/aromatic N) is 1. The normalized spacial score (nSPS) is 11.5. The van der Waals surface area contributed by atoms with Gasteiger partial charge in [0.05, 0.1) is 0 Å². The summed E-state index contributed by atoms with van der Waals surface area (Å²) in [6.07, 6.45) is 2.21. The van der Waals surface area contributed by atoms with Crippen LogP contribution >= 0.6 is 0 Å². The first kappa shape index (κ1) is 13.6. The Morgan fingerprint density at radius 3 is 2.74 bits per heavy atom. The van der Waals surface area contributed by atoms with Crippen LogP contribution in [0.2, 0.25) is 0 Å². The van der Waals surface area contributed by atoms with E-state index in [1.807, 2.05) is 39.0 Å². The molecule has 0 atom stereocenters. The zero-order valence-electron chi connectivity index (χ0n) is 11.9. The third kappa shape index (κ3) is 3.56. The first-order valence-electron chi connectivity index (χ1n) is 6.50. The monoisotopic (exact) mass is 254 g/mol. The van der Waals surface area contributed by atoms with Crippen molar-refractivity contribution in [2.24, 2.45) is 5.41 Å². The largest absolute Gasteiger partial charge is 0.310 e. The Bertz CT molecular complexity index is 617. The molecule has 0 fully saturated rings. The van der Waals surface area contributed by atoms with Crippen LogP contribution < -0.4 is 10.8 Å². The van der Waals surface area contributed by atoms with Crippen LogP contribution in [0.1, 0.15) is 27.2 Å². The number of nitrogens with one attached hydrogen (secondary N) is 1. The number of aromatic nitrogens is 1. The van der Waals surface area contributed by atoms with E-state index in [-0.39, 0.29) is 11.3 Å². The molecule has 0 saturated heterocycles. The Morgan fingerprint density at radius 2 is 2.05 bits per heavy atom. The van der Waals surface area contributed by atoms with Gasteiger partial charge < -0.3 is 5.32 Å². The Kier molecular flexibility index (Phi) is 3.60. The molecule has 1 N–H and O–H groups in total. The number of hydrogen-bond donors (Lipinski definition) is 1. The van der Waals surface area contributed by atoms with Gasteiger partial charge in [-0.15, -0.1) is 0 Å². The van der Waals surface area contributed by atoms with Gasteiger partial charge >= 0.3 is 0 Å². The Balaban J connectivity index is 2.28. The van der Waals surface area contributed by atoms with Gasteiger partial charge in [-0.25, -0.2) is 4.98 Å². The van der Waals surface area contributed by atoms with Crippen molar-refractivity contribution in [2.45, 2.75) is 27.2 Å². The molecule has 19 heavy (non-hydrogen) atoms. The lowest BCUT2D eigenvalue weighted by Crippen LogP contribution is -2.20. The van der Waals surface area contributed by atoms with Crippen molar-refractivity contribution in [2.75, 3.05) is 5.32 Å². The molecular weight excluding hydrogens is 235 g/mol. The summed E-state index contributed by atoms with van der Waals surface area (Å²) in [6, 6.07) is 8.09. The van der Waals surface area contributed by atoms with E-state index in [1.165, 1.54) is 5.46 Å². The summed E-state index contributed by atoms with van der Waals surface area (Å²) in [7, 11) is 2.05. The molecular formula is C15H19BN2O. The van der Waals surface area contributed by atoms with Gasteiger partial charge in [-0.05, 0) is 16.9 Å². The van der Waals surface area contributed by atoms with E-state index in [0.717, 1.165) is 10.8 Å². The summed E-state index contributed by atoms with van der Waals surface area (Å²) in [5.41, 5.74) is 1.18. The average molecular weight is 254 g/mol. The van der Waals surface area contributed by atoms with E-state index in [1.54, 1.807) is 6.20 Å². The van der Waals surface area contributed by atoms with Crippen LogP contribution in [-0.2, 0) is 4.79 Å². The van der Waals surface area contributed by atoms with Gasteiger partial charge in [0.1, 0.15) is 13.7 Å². The van der Waals surface area contributed by atoms with Crippen molar-refractivity contribution in [3.8, 4) is 0 Å². The molecule has 2 rings (SSSR count). The first-order valence-corrected chi connectivity index (χ1v) is 6.50. The molecule has 0 spiro atoms. The van der Waals surface area contributed by atoms with Crippen LogP contribution in [0.25, 0.3) is 10.8 Å². The predicted octanol–water partition coefficient (Wildman–Crippen LogP) is 1.87. The number of fused-ring (bicyclic) bond motifs is 1. The van der Waals surface area contributed by atoms with E-state index in [9.17, 15) is 4.79 Å². The highest BCUT2D eigenvalue weighted by atomic mass is 16.1. The maximum atomic E-state index is 12.0. The Morgan fingerprint density at radius 1 is 1.32 bits per heavy atom. The van der Waals surface area contributed by atoms with Gasteiger partial charge in [0, 0.05) is 18.0 Å². The van der Waals surface area contributed by atoms with Crippen molar-refractivity contribution in [3.05, 3.63) is 30.5 Å². The van der Waals surface area contributed by atoms with Crippen LogP contribution in [0.15, 0.2) is 30.5 Å². The minimum Gasteiger partial charge on any atom is -0.310 e. The van der Waals surface area contributed by atoms with Crippen LogP contribution in [0, 0.1) is 5.41 Å². The number of hydrogen-bond acceptors (Lipinski definition) is 2. The van der Waals surface area contributed by atoms with E-state index in [2.05, 4.69) is 24.2 Å². The zero-order chi connectivity index (χ0) is 14.0. The summed E-state index contributed by atoms with van der Waals surface area (Å²) < 4.78 is 0. The van der Waals surface area contributed by atoms with E-state index in [4.69, 9.17) is 0 Å². The standard InChI is InChI=1S/C15H19BN2O/c1-15(2,3)9-13(19)18-14-12-5-4-11(16)8-10(12)6-7-17-14/h4-8H,9,16H2,1-3H3,(H,17,18,19). The third-order valence-electron chi connectivity index (χ3n) is 2.87. The van der Waals surface area contributed by atoms with Crippen molar-refractivity contribution >= 4 is 35.8 Å². The van der Waals surface area contributed by atoms with Gasteiger partial charge in [0.25, 0.3) is 0 Å². The highest BCUT2D eigenvalue weighted by molar-refractivity contribution is 6.33. The SMILES string of the molecule is Bc1ccc2c(NC(=O)CC(C)(C)C)nccc2c1. The second kappa shape index (κ2) is 5.04. The highest BCUT2D eigenvalue weighted by Crippen LogP contribution is 2.22. The fourth-order valence-corrected chi connectivity index (χ4v) is 2.05. The molecule has 1 aromatic heterocycles. The molecule has 1 amide bonds. The van der Waals surface area contributed by atoms with Crippen molar-refractivity contribution in [3.63, 3.8) is 0 Å². The summed E-state index contributed by atoms with van der Waals surface area (Å²) in [6.45, 7) is 6.14. The van der Waals surface area contributed by atoms with Gasteiger partial charge in [-0.3, -0.25) is 4.79 Å². The van der Waals surface area contributed by atoms with Gasteiger partial charge in [0.15, 0.2) is 0 Å². The Labute approximate surface area is 114 Å². The molecule has 0 aliphatic rings. The van der Waals surface area contributed by atoms with E-state index >= 15 is 0 Å². The number of pyridine rings is 1. The van der Waals surface area contributed by atoms with E-state index < -0.39 is 0 Å². The van der Waals surface area contributed by atoms with Crippen molar-refractivity contribution < 1.29 is 4.79 Å². The number of anilines is 1. The van der Waals surface area contributed by atoms with Crippen molar-refractivity contribution in [1.29, 1.82) is 0 Å². The molecule has 0 aliphatic carbocycles. The zero-order valence-corrected chi connectivity index (χ0v) is 11.9. The molecule has 0 radical (unpaired) electrons. The summed E-state index contributed by atoms with van der Waals surface area (Å²) in [5.74, 6) is 0.653. The topological polar surface area (TPSA) is 42.0 Å². The molecule has 0 aliphatic heterocycles. The molecule has 1 aromatic carbocycles. The fraction of sp³-hybridized carbons (Fsp3) is 0.333. The third-order valence-corrected chi connectivity index (χ3v) is 2.87. The van der Waals surface area contributed by atoms with Crippen LogP contribution in [-0.4, -0.2) is 18.7 Å². The molecule has 4 heteroatoms. The van der Waals surface area contributed by atoms with Crippen LogP contribution in [0.3, 0.4) is 0 Å². The predicted molar refractivity (Wildman–Crippen MR) is 82.6 cm³/mol. The first-order chi connectivity index (χ1) is 8.85. The lowest BCUT2D eigenvalue weighted by atomic mass is 9.92. The van der Waals surface area contributed by atoms with Gasteiger partial charge in [-0.1, -0.05) is 44.4 Å². The quantitative estimate of drug-likeness (QED) is 0.831. The number of carbonyl (C=O) groups excluding carboxylic acids is 1. The van der Waals surface area contributed by atoms with Gasteiger partial charge in [-0.2, -0.15) is 0 Å². The van der Waals surface area contributed by atoms with Gasteiger partial charge in [0.2, 0.25) is 5.91 Å². The second-order valence-corrected chi connectivity index (χ2v) is 6.17. The number of carbonyl (C=O) groups is 1. The molecule has 3 nitrogen and oxygen atoms in total. The summed E-state index contributed by atoms with van der Waals surface area (Å²) in [5, 5.41) is 4.99. The van der Waals surface area contributed by atoms with E-state index in [0.29, 0.717) is 12.2 Å². The Hall–Kier alpha value is -1.84. The number of rotatable bonds is 2. The molecule has 0 bridgehead atoms. The number of amides is 1. The van der Waals surface area contributed by atoms with Crippen molar-refractivity contribution in [1.82, 2.24) is 4.98 Å².